The van der Waals surface area contributed by atoms with E-state index in [1.54, 1.807) is 6.92 Å². The quantitative estimate of drug-likeness (QED) is 0.635. The minimum Gasteiger partial charge on any atom is -0.327 e. The summed E-state index contributed by atoms with van der Waals surface area (Å²) in [7, 11) is 0. The van der Waals surface area contributed by atoms with Crippen LogP contribution in [-0.2, 0) is 11.0 Å². The molecule has 11 heteroatoms. The van der Waals surface area contributed by atoms with Crippen molar-refractivity contribution in [3.63, 3.8) is 0 Å². The molecule has 0 spiro atoms. The highest BCUT2D eigenvalue weighted by Gasteiger charge is 2.31. The molecule has 0 atom stereocenters. The molecule has 0 bridgehead atoms. The Labute approximate surface area is 167 Å². The number of hydrogen-bond acceptors (Lipinski definition) is 3. The second-order valence-electron chi connectivity index (χ2n) is 5.69. The zero-order chi connectivity index (χ0) is 21.1. The molecular formula is C17H14Cl2F3N3O3. The number of alkyl halides is 3. The number of carbonyl (C=O) groups is 2. The zero-order valence-corrected chi connectivity index (χ0v) is 15.9. The second-order valence-corrected chi connectivity index (χ2v) is 6.54. The van der Waals surface area contributed by atoms with Crippen molar-refractivity contribution in [2.75, 3.05) is 10.6 Å². The van der Waals surface area contributed by atoms with Crippen molar-refractivity contribution in [2.45, 2.75) is 25.9 Å². The van der Waals surface area contributed by atoms with Crippen molar-refractivity contribution in [1.29, 1.82) is 0 Å². The van der Waals surface area contributed by atoms with Crippen LogP contribution in [0.2, 0.25) is 10.0 Å². The Morgan fingerprint density at radius 3 is 2.43 bits per heavy atom. The molecule has 3 N–H and O–H groups in total. The lowest BCUT2D eigenvalue weighted by molar-refractivity contribution is -0.137. The van der Waals surface area contributed by atoms with E-state index in [1.807, 2.05) is 4.98 Å². The Kier molecular flexibility index (Phi) is 6.73. The van der Waals surface area contributed by atoms with Gasteiger partial charge in [-0.1, -0.05) is 30.1 Å². The molecule has 1 heterocycles. The molecule has 2 aromatic rings. The van der Waals surface area contributed by atoms with Gasteiger partial charge in [0.05, 0.1) is 21.8 Å². The lowest BCUT2D eigenvalue weighted by Gasteiger charge is -2.14. The number of pyridine rings is 1. The summed E-state index contributed by atoms with van der Waals surface area (Å²) in [6, 6.07) is 2.96. The maximum absolute atomic E-state index is 12.8. The first-order valence-electron chi connectivity index (χ1n) is 7.93. The average Bonchev–Trinajstić information content (AvgIpc) is 2.58. The van der Waals surface area contributed by atoms with E-state index in [0.29, 0.717) is 18.7 Å². The molecule has 0 saturated carbocycles. The van der Waals surface area contributed by atoms with Crippen molar-refractivity contribution in [2.24, 2.45) is 0 Å². The van der Waals surface area contributed by atoms with E-state index in [2.05, 4.69) is 10.6 Å². The van der Waals surface area contributed by atoms with Crippen LogP contribution < -0.4 is 16.2 Å². The Hall–Kier alpha value is -2.52. The van der Waals surface area contributed by atoms with Gasteiger partial charge in [0, 0.05) is 17.6 Å². The van der Waals surface area contributed by atoms with Gasteiger partial charge in [-0.05, 0) is 24.6 Å². The number of rotatable bonds is 5. The average molecular weight is 436 g/mol. The maximum atomic E-state index is 12.8. The summed E-state index contributed by atoms with van der Waals surface area (Å²) in [6.07, 6.45) is -3.53. The minimum atomic E-state index is -4.72. The lowest BCUT2D eigenvalue weighted by Crippen LogP contribution is -2.23. The smallest absolute Gasteiger partial charge is 0.327 e. The van der Waals surface area contributed by atoms with Crippen LogP contribution in [0, 0.1) is 0 Å². The first kappa shape index (κ1) is 21.8. The first-order valence-corrected chi connectivity index (χ1v) is 8.68. The fourth-order valence-electron chi connectivity index (χ4n) is 2.24. The Bertz CT molecular complexity index is 974. The van der Waals surface area contributed by atoms with Gasteiger partial charge < -0.3 is 15.6 Å². The van der Waals surface area contributed by atoms with Crippen LogP contribution in [-0.4, -0.2) is 16.8 Å². The van der Waals surface area contributed by atoms with Crippen LogP contribution in [0.25, 0.3) is 0 Å². The normalized spacial score (nSPS) is 11.2. The number of amides is 2. The van der Waals surface area contributed by atoms with Crippen molar-refractivity contribution in [3.8, 4) is 0 Å². The first-order chi connectivity index (χ1) is 13.0. The van der Waals surface area contributed by atoms with Crippen molar-refractivity contribution in [1.82, 2.24) is 4.98 Å². The molecule has 150 valence electrons. The molecule has 0 saturated heterocycles. The molecule has 0 aliphatic carbocycles. The highest BCUT2D eigenvalue weighted by molar-refractivity contribution is 6.38. The molecule has 2 amide bonds. The van der Waals surface area contributed by atoms with Gasteiger partial charge >= 0.3 is 6.18 Å². The number of benzene rings is 1. The van der Waals surface area contributed by atoms with Crippen LogP contribution >= 0.6 is 23.2 Å². The third kappa shape index (κ3) is 5.26. The fourth-order valence-corrected chi connectivity index (χ4v) is 2.78. The fraction of sp³-hybridized carbons (Fsp3) is 0.235. The SMILES string of the molecule is CCCC(=O)Nc1c(Cl)cc(Cl)cc1C(=O)Nc1cc(C(F)(F)F)c[nH]c1=O. The molecular weight excluding hydrogens is 422 g/mol. The lowest BCUT2D eigenvalue weighted by atomic mass is 10.1. The summed E-state index contributed by atoms with van der Waals surface area (Å²) >= 11 is 11.9. The molecule has 0 aliphatic heterocycles. The van der Waals surface area contributed by atoms with E-state index in [4.69, 9.17) is 23.2 Å². The number of aromatic amines is 1. The molecule has 0 fully saturated rings. The molecule has 1 aromatic heterocycles. The Balaban J connectivity index is 2.42. The summed E-state index contributed by atoms with van der Waals surface area (Å²) < 4.78 is 38.5. The Morgan fingerprint density at radius 2 is 1.82 bits per heavy atom. The summed E-state index contributed by atoms with van der Waals surface area (Å²) in [4.78, 5) is 38.1. The summed E-state index contributed by atoms with van der Waals surface area (Å²) in [5, 5.41) is 4.57. The molecule has 0 aliphatic rings. The van der Waals surface area contributed by atoms with Crippen LogP contribution in [0.1, 0.15) is 35.7 Å². The summed E-state index contributed by atoms with van der Waals surface area (Å²) in [5.41, 5.74) is -2.99. The molecule has 0 unspecified atom stereocenters. The van der Waals surface area contributed by atoms with Gasteiger partial charge in [0.2, 0.25) is 5.91 Å². The van der Waals surface area contributed by atoms with Gasteiger partial charge in [-0.2, -0.15) is 13.2 Å². The van der Waals surface area contributed by atoms with Crippen LogP contribution in [0.15, 0.2) is 29.2 Å². The second kappa shape index (κ2) is 8.66. The van der Waals surface area contributed by atoms with Gasteiger partial charge in [-0.3, -0.25) is 14.4 Å². The predicted octanol–water partition coefficient (Wildman–Crippen LogP) is 4.69. The number of carbonyl (C=O) groups excluding carboxylic acids is 2. The van der Waals surface area contributed by atoms with Crippen LogP contribution in [0.5, 0.6) is 0 Å². The summed E-state index contributed by atoms with van der Waals surface area (Å²) in [6.45, 7) is 1.77. The van der Waals surface area contributed by atoms with E-state index in [1.165, 1.54) is 12.1 Å². The number of halogens is 5. The molecule has 0 radical (unpaired) electrons. The molecule has 28 heavy (non-hydrogen) atoms. The number of aromatic nitrogens is 1. The third-order valence-electron chi connectivity index (χ3n) is 3.52. The molecule has 6 nitrogen and oxygen atoms in total. The number of nitrogens with one attached hydrogen (secondary N) is 3. The minimum absolute atomic E-state index is 0.0416. The zero-order valence-electron chi connectivity index (χ0n) is 14.3. The number of anilines is 2. The summed E-state index contributed by atoms with van der Waals surface area (Å²) in [5.74, 6) is -1.39. The molecule has 2 rings (SSSR count). The van der Waals surface area contributed by atoms with E-state index in [0.717, 1.165) is 0 Å². The van der Waals surface area contributed by atoms with Crippen molar-refractivity contribution >= 4 is 46.4 Å². The van der Waals surface area contributed by atoms with E-state index in [9.17, 15) is 27.6 Å². The van der Waals surface area contributed by atoms with Crippen LogP contribution in [0.3, 0.4) is 0 Å². The van der Waals surface area contributed by atoms with E-state index >= 15 is 0 Å². The highest BCUT2D eigenvalue weighted by atomic mass is 35.5. The van der Waals surface area contributed by atoms with Crippen molar-refractivity contribution < 1.29 is 22.8 Å². The van der Waals surface area contributed by atoms with E-state index < -0.39 is 34.8 Å². The van der Waals surface area contributed by atoms with Crippen LogP contribution in [0.4, 0.5) is 24.5 Å². The Morgan fingerprint density at radius 1 is 1.14 bits per heavy atom. The van der Waals surface area contributed by atoms with Gasteiger partial charge in [0.25, 0.3) is 11.5 Å². The van der Waals surface area contributed by atoms with Gasteiger partial charge in [-0.25, -0.2) is 0 Å². The number of hydrogen-bond donors (Lipinski definition) is 3. The largest absolute Gasteiger partial charge is 0.417 e. The van der Waals surface area contributed by atoms with Crippen molar-refractivity contribution in [3.05, 3.63) is 55.9 Å². The highest BCUT2D eigenvalue weighted by Crippen LogP contribution is 2.32. The molecule has 1 aromatic carbocycles. The third-order valence-corrected chi connectivity index (χ3v) is 4.04. The number of H-pyrrole nitrogens is 1. The monoisotopic (exact) mass is 435 g/mol. The van der Waals surface area contributed by atoms with Gasteiger partial charge in [0.15, 0.2) is 0 Å². The van der Waals surface area contributed by atoms with E-state index in [-0.39, 0.29) is 27.7 Å². The maximum Gasteiger partial charge on any atom is 0.417 e. The topological polar surface area (TPSA) is 91.1 Å². The predicted molar refractivity (Wildman–Crippen MR) is 100 cm³/mol. The van der Waals surface area contributed by atoms with Gasteiger partial charge in [-0.15, -0.1) is 0 Å². The standard InChI is InChI=1S/C17H14Cl2F3N3O3/c1-2-3-13(26)25-14-10(5-9(18)6-11(14)19)15(27)24-12-4-8(17(20,21)22)7-23-16(12)28/h4-7H,2-3H2,1H3,(H,23,28)(H,24,27)(H,25,26). The van der Waals surface area contributed by atoms with Gasteiger partial charge in [0.1, 0.15) is 5.69 Å².